The summed E-state index contributed by atoms with van der Waals surface area (Å²) in [5, 5.41) is 0. The molecule has 0 nitrogen and oxygen atoms in total. The highest BCUT2D eigenvalue weighted by molar-refractivity contribution is 5.22. The van der Waals surface area contributed by atoms with Crippen molar-refractivity contribution in [2.75, 3.05) is 0 Å². The fourth-order valence-corrected chi connectivity index (χ4v) is 5.61. The van der Waals surface area contributed by atoms with Crippen molar-refractivity contribution in [3.63, 3.8) is 0 Å². The van der Waals surface area contributed by atoms with Crippen LogP contribution in [0.15, 0.2) is 30.4 Å². The molecule has 0 heterocycles. The smallest absolute Gasteiger partial charge is 0.159 e. The quantitative estimate of drug-likeness (QED) is 0.263. The van der Waals surface area contributed by atoms with E-state index in [4.69, 9.17) is 0 Å². The van der Waals surface area contributed by atoms with Crippen LogP contribution in [0, 0.1) is 29.4 Å². The first-order chi connectivity index (χ1) is 14.7. The fraction of sp³-hybridized carbons (Fsp3) is 0.714. The zero-order valence-corrected chi connectivity index (χ0v) is 19.1. The van der Waals surface area contributed by atoms with Crippen molar-refractivity contribution in [1.29, 1.82) is 0 Å². The molecule has 0 spiro atoms. The van der Waals surface area contributed by atoms with E-state index in [1.165, 1.54) is 95.6 Å². The Bertz CT molecular complexity index is 634. The molecule has 2 aliphatic rings. The first kappa shape index (κ1) is 23.5. The minimum atomic E-state index is -0.739. The van der Waals surface area contributed by atoms with Gasteiger partial charge in [-0.15, -0.1) is 0 Å². The van der Waals surface area contributed by atoms with Crippen LogP contribution in [0.5, 0.6) is 0 Å². The number of hydrogen-bond donors (Lipinski definition) is 0. The average Bonchev–Trinajstić information content (AvgIpc) is 2.78. The van der Waals surface area contributed by atoms with Crippen molar-refractivity contribution in [1.82, 2.24) is 0 Å². The van der Waals surface area contributed by atoms with Crippen LogP contribution in [0.1, 0.15) is 115 Å². The maximum absolute atomic E-state index is 13.5. The Hall–Kier alpha value is -1.18. The Labute approximate surface area is 183 Å². The van der Waals surface area contributed by atoms with Crippen molar-refractivity contribution in [2.24, 2.45) is 17.8 Å². The van der Waals surface area contributed by atoms with E-state index in [1.807, 2.05) is 0 Å². The summed E-state index contributed by atoms with van der Waals surface area (Å²) in [4.78, 5) is 0. The van der Waals surface area contributed by atoms with Gasteiger partial charge in [-0.25, -0.2) is 8.78 Å². The fourth-order valence-electron chi connectivity index (χ4n) is 5.61. The molecule has 0 aromatic heterocycles. The van der Waals surface area contributed by atoms with Gasteiger partial charge in [0.15, 0.2) is 11.6 Å². The van der Waals surface area contributed by atoms with Crippen molar-refractivity contribution < 1.29 is 8.78 Å². The van der Waals surface area contributed by atoms with Crippen LogP contribution in [-0.2, 0) is 0 Å². The molecule has 0 unspecified atom stereocenters. The van der Waals surface area contributed by atoms with Crippen molar-refractivity contribution in [3.05, 3.63) is 47.5 Å². The summed E-state index contributed by atoms with van der Waals surface area (Å²) in [7, 11) is 0. The van der Waals surface area contributed by atoms with Crippen LogP contribution in [0.3, 0.4) is 0 Å². The summed E-state index contributed by atoms with van der Waals surface area (Å²) < 4.78 is 26.7. The minimum absolute atomic E-state index is 0.391. The zero-order valence-electron chi connectivity index (χ0n) is 19.1. The maximum atomic E-state index is 13.5. The number of unbranched alkanes of at least 4 members (excludes halogenated alkanes) is 5. The Kier molecular flexibility index (Phi) is 9.88. The van der Waals surface area contributed by atoms with Crippen LogP contribution in [0.4, 0.5) is 8.78 Å². The van der Waals surface area contributed by atoms with Crippen LogP contribution >= 0.6 is 0 Å². The Morgan fingerprint density at radius 1 is 0.733 bits per heavy atom. The molecule has 0 bridgehead atoms. The minimum Gasteiger partial charge on any atom is -0.204 e. The molecule has 30 heavy (non-hydrogen) atoms. The molecule has 0 aliphatic heterocycles. The van der Waals surface area contributed by atoms with Crippen molar-refractivity contribution in [2.45, 2.75) is 109 Å². The summed E-state index contributed by atoms with van der Waals surface area (Å²) in [6, 6.07) is 4.45. The largest absolute Gasteiger partial charge is 0.204 e. The highest BCUT2D eigenvalue weighted by Crippen LogP contribution is 2.38. The molecule has 168 valence electrons. The lowest BCUT2D eigenvalue weighted by Gasteiger charge is -2.29. The second-order valence-corrected chi connectivity index (χ2v) is 10.0. The van der Waals surface area contributed by atoms with E-state index in [2.05, 4.69) is 19.1 Å². The number of hydrogen-bond acceptors (Lipinski definition) is 0. The standard InChI is InChI=1S/C28H42F2/c1-2-3-4-5-6-7-8-22-9-11-23(12-10-22)13-14-24-15-17-25(18-16-24)26-19-20-27(29)28(30)21-26/h13-14,19-25H,2-12,15-18H2,1H3. The van der Waals surface area contributed by atoms with Crippen LogP contribution < -0.4 is 0 Å². The molecule has 1 aromatic rings. The number of rotatable bonds is 10. The first-order valence-electron chi connectivity index (χ1n) is 12.8. The molecule has 0 N–H and O–H groups in total. The molecule has 2 fully saturated rings. The molecule has 0 atom stereocenters. The predicted octanol–water partition coefficient (Wildman–Crippen LogP) is 9.35. The van der Waals surface area contributed by atoms with Gasteiger partial charge in [0.2, 0.25) is 0 Å². The van der Waals surface area contributed by atoms with Crippen LogP contribution in [0.2, 0.25) is 0 Å². The monoisotopic (exact) mass is 416 g/mol. The maximum Gasteiger partial charge on any atom is 0.159 e. The Balaban J connectivity index is 1.30. The third kappa shape index (κ3) is 7.50. The molecule has 3 rings (SSSR count). The normalized spacial score (nSPS) is 27.6. The second-order valence-electron chi connectivity index (χ2n) is 10.0. The van der Waals surface area contributed by atoms with Crippen LogP contribution in [0.25, 0.3) is 0 Å². The van der Waals surface area contributed by atoms with Gasteiger partial charge in [-0.3, -0.25) is 0 Å². The summed E-state index contributed by atoms with van der Waals surface area (Å²) >= 11 is 0. The zero-order chi connectivity index (χ0) is 21.2. The SMILES string of the molecule is CCCCCCCCC1CCC(C=CC2CCC(c3ccc(F)c(F)c3)CC2)CC1. The van der Waals surface area contributed by atoms with E-state index in [0.29, 0.717) is 11.8 Å². The highest BCUT2D eigenvalue weighted by atomic mass is 19.2. The van der Waals surface area contributed by atoms with E-state index >= 15 is 0 Å². The number of benzene rings is 1. The summed E-state index contributed by atoms with van der Waals surface area (Å²) in [6.45, 7) is 2.29. The number of halogens is 2. The third-order valence-corrected chi connectivity index (χ3v) is 7.70. The number of allylic oxidation sites excluding steroid dienone is 2. The highest BCUT2D eigenvalue weighted by Gasteiger charge is 2.23. The molecule has 2 heteroatoms. The lowest BCUT2D eigenvalue weighted by Crippen LogP contribution is -2.15. The van der Waals surface area contributed by atoms with Gasteiger partial charge >= 0.3 is 0 Å². The summed E-state index contributed by atoms with van der Waals surface area (Å²) in [5.41, 5.74) is 0.972. The van der Waals surface area contributed by atoms with Gasteiger partial charge in [0.25, 0.3) is 0 Å². The molecular formula is C28H42F2. The Morgan fingerprint density at radius 2 is 1.33 bits per heavy atom. The molecule has 0 saturated heterocycles. The molecule has 1 aromatic carbocycles. The van der Waals surface area contributed by atoms with E-state index < -0.39 is 11.6 Å². The topological polar surface area (TPSA) is 0 Å². The van der Waals surface area contributed by atoms with Gasteiger partial charge in [-0.1, -0.05) is 70.1 Å². The summed E-state index contributed by atoms with van der Waals surface area (Å²) in [5.74, 6) is 1.38. The average molecular weight is 417 g/mol. The van der Waals surface area contributed by atoms with Gasteiger partial charge in [0.05, 0.1) is 0 Å². The van der Waals surface area contributed by atoms with Gasteiger partial charge in [0, 0.05) is 0 Å². The third-order valence-electron chi connectivity index (χ3n) is 7.70. The molecule has 2 aliphatic carbocycles. The van der Waals surface area contributed by atoms with E-state index in [-0.39, 0.29) is 0 Å². The van der Waals surface area contributed by atoms with Gasteiger partial charge in [-0.05, 0) is 92.7 Å². The first-order valence-corrected chi connectivity index (χ1v) is 12.8. The molecule has 0 radical (unpaired) electrons. The molecular weight excluding hydrogens is 374 g/mol. The van der Waals surface area contributed by atoms with Gasteiger partial charge in [0.1, 0.15) is 0 Å². The van der Waals surface area contributed by atoms with Gasteiger partial charge in [-0.2, -0.15) is 0 Å². The Morgan fingerprint density at radius 3 is 1.97 bits per heavy atom. The molecule has 0 amide bonds. The van der Waals surface area contributed by atoms with E-state index in [9.17, 15) is 8.78 Å². The molecule has 2 saturated carbocycles. The van der Waals surface area contributed by atoms with Crippen LogP contribution in [-0.4, -0.2) is 0 Å². The van der Waals surface area contributed by atoms with Crippen molar-refractivity contribution in [3.8, 4) is 0 Å². The lowest BCUT2D eigenvalue weighted by molar-refractivity contribution is 0.287. The van der Waals surface area contributed by atoms with E-state index in [0.717, 1.165) is 30.2 Å². The second kappa shape index (κ2) is 12.6. The summed E-state index contributed by atoms with van der Waals surface area (Å²) in [6.07, 6.45) is 25.1. The van der Waals surface area contributed by atoms with E-state index in [1.54, 1.807) is 6.07 Å². The van der Waals surface area contributed by atoms with Crippen molar-refractivity contribution >= 4 is 0 Å². The predicted molar refractivity (Wildman–Crippen MR) is 124 cm³/mol. The van der Waals surface area contributed by atoms with Gasteiger partial charge < -0.3 is 0 Å². The lowest BCUT2D eigenvalue weighted by atomic mass is 9.76.